The normalized spacial score (nSPS) is 11.9. The second-order valence-corrected chi connectivity index (χ2v) is 10.7. The molecule has 0 unspecified atom stereocenters. The van der Waals surface area contributed by atoms with E-state index in [-0.39, 0.29) is 24.1 Å². The first-order chi connectivity index (χ1) is 25.9. The van der Waals surface area contributed by atoms with E-state index in [0.717, 1.165) is 39.1 Å². The summed E-state index contributed by atoms with van der Waals surface area (Å²) in [5, 5.41) is 16.5. The number of benzene rings is 2. The number of para-hydroxylation sites is 1. The van der Waals surface area contributed by atoms with Crippen LogP contribution in [0.5, 0.6) is 0 Å². The predicted octanol–water partition coefficient (Wildman–Crippen LogP) is 8.58. The van der Waals surface area contributed by atoms with Crippen molar-refractivity contribution in [3.05, 3.63) is 95.5 Å². The highest BCUT2D eigenvalue weighted by Crippen LogP contribution is 2.25. The fourth-order valence-electron chi connectivity index (χ4n) is 3.65. The van der Waals surface area contributed by atoms with E-state index < -0.39 is 24.2 Å². The molecule has 1 aliphatic rings. The van der Waals surface area contributed by atoms with E-state index in [1.807, 2.05) is 45.9 Å². The lowest BCUT2D eigenvalue weighted by Gasteiger charge is -2.28. The molecule has 1 fully saturated rings. The van der Waals surface area contributed by atoms with Crippen molar-refractivity contribution < 1.29 is 34.9 Å². The molecule has 54 heavy (non-hydrogen) atoms. The van der Waals surface area contributed by atoms with E-state index in [9.17, 15) is 22.0 Å². The van der Waals surface area contributed by atoms with E-state index in [1.165, 1.54) is 67.1 Å². The van der Waals surface area contributed by atoms with Crippen LogP contribution in [0.15, 0.2) is 78.3 Å². The number of aliphatic hydroxyl groups is 1. The highest BCUT2D eigenvalue weighted by atomic mass is 127. The molecule has 4 rings (SSSR count). The molecular formula is C38H63F5IN7O3. The van der Waals surface area contributed by atoms with Crippen LogP contribution in [0.25, 0.3) is 0 Å². The Morgan fingerprint density at radius 3 is 1.83 bits per heavy atom. The molecule has 2 aromatic carbocycles. The van der Waals surface area contributed by atoms with Gasteiger partial charge < -0.3 is 45.2 Å². The minimum absolute atomic E-state index is 0.0106. The number of pyridine rings is 1. The maximum atomic E-state index is 12.5. The van der Waals surface area contributed by atoms with E-state index in [4.69, 9.17) is 21.3 Å². The molecule has 2 heterocycles. The average Bonchev–Trinajstić information content (AvgIpc) is 3.20. The Labute approximate surface area is 334 Å². The van der Waals surface area contributed by atoms with Crippen LogP contribution in [-0.4, -0.2) is 76.0 Å². The number of nitrogens with one attached hydrogen (secondary N) is 3. The van der Waals surface area contributed by atoms with Crippen molar-refractivity contribution in [1.29, 1.82) is 0 Å². The highest BCUT2D eigenvalue weighted by Gasteiger charge is 2.35. The maximum Gasteiger partial charge on any atom is 0.434 e. The summed E-state index contributed by atoms with van der Waals surface area (Å²) in [5.74, 6) is -0.0727. The molecule has 0 saturated carbocycles. The molecule has 0 radical (unpaired) electrons. The van der Waals surface area contributed by atoms with Crippen molar-refractivity contribution >= 4 is 40.2 Å². The number of hydrogen-bond donors (Lipinski definition) is 6. The monoisotopic (exact) mass is 887 g/mol. The summed E-state index contributed by atoms with van der Waals surface area (Å²) in [6.07, 6.45) is -0.503. The summed E-state index contributed by atoms with van der Waals surface area (Å²) in [5.41, 5.74) is 10.4. The van der Waals surface area contributed by atoms with Gasteiger partial charge in [-0.2, -0.15) is 13.2 Å². The number of nitrogens with zero attached hydrogens (tertiary/aromatic N) is 2. The molecule has 1 saturated heterocycles. The third kappa shape index (κ3) is 27.2. The fraction of sp³-hybridized carbons (Fsp3) is 0.500. The zero-order chi connectivity index (χ0) is 41.8. The van der Waals surface area contributed by atoms with Gasteiger partial charge in [0, 0.05) is 33.3 Å². The molecule has 16 heteroatoms. The van der Waals surface area contributed by atoms with Gasteiger partial charge in [0.15, 0.2) is 34.5 Å². The average molecular weight is 888 g/mol. The van der Waals surface area contributed by atoms with Gasteiger partial charge in [-0.05, 0) is 68.8 Å². The van der Waals surface area contributed by atoms with Crippen molar-refractivity contribution in [2.24, 2.45) is 5.73 Å². The molecule has 0 amide bonds. The van der Waals surface area contributed by atoms with E-state index in [0.29, 0.717) is 11.3 Å². The van der Waals surface area contributed by atoms with Gasteiger partial charge in [-0.1, -0.05) is 71.9 Å². The number of aliphatic hydroxyl groups excluding tert-OH is 1. The van der Waals surface area contributed by atoms with Gasteiger partial charge in [-0.15, -0.1) is 0 Å². The van der Waals surface area contributed by atoms with E-state index in [1.54, 1.807) is 37.4 Å². The molecule has 310 valence electrons. The first kappa shape index (κ1) is 54.9. The fourth-order valence-corrected chi connectivity index (χ4v) is 4.02. The van der Waals surface area contributed by atoms with Crippen LogP contribution in [0.4, 0.5) is 39.1 Å². The third-order valence-electron chi connectivity index (χ3n) is 6.33. The summed E-state index contributed by atoms with van der Waals surface area (Å²) < 4.78 is 71.7. The Morgan fingerprint density at radius 1 is 0.907 bits per heavy atom. The molecule has 8 N–H and O–H groups in total. The van der Waals surface area contributed by atoms with E-state index >= 15 is 0 Å². The lowest BCUT2D eigenvalue weighted by molar-refractivity contribution is -0.0957. The van der Waals surface area contributed by atoms with Crippen LogP contribution in [0.3, 0.4) is 0 Å². The lowest BCUT2D eigenvalue weighted by atomic mass is 10.2. The molecule has 3 aromatic rings. The summed E-state index contributed by atoms with van der Waals surface area (Å²) in [7, 11) is 1.00. The minimum atomic E-state index is -4.65. The number of anilines is 3. The molecular weight excluding hydrogens is 824 g/mol. The van der Waals surface area contributed by atoms with Crippen molar-refractivity contribution in [1.82, 2.24) is 15.6 Å². The third-order valence-corrected chi connectivity index (χ3v) is 6.87. The molecule has 1 aromatic heterocycles. The number of hydrogen-bond acceptors (Lipinski definition) is 10. The zero-order valence-corrected chi connectivity index (χ0v) is 35.2. The van der Waals surface area contributed by atoms with Gasteiger partial charge in [0.2, 0.25) is 0 Å². The van der Waals surface area contributed by atoms with Crippen molar-refractivity contribution in [3.63, 3.8) is 0 Å². The van der Waals surface area contributed by atoms with Crippen LogP contribution in [0.2, 0.25) is 0 Å². The maximum absolute atomic E-state index is 12.5. The molecule has 10 nitrogen and oxygen atoms in total. The van der Waals surface area contributed by atoms with Crippen molar-refractivity contribution in [2.75, 3.05) is 75.7 Å². The summed E-state index contributed by atoms with van der Waals surface area (Å²) in [6.45, 7) is 19.7. The lowest BCUT2D eigenvalue weighted by Crippen LogP contribution is -2.43. The number of alkyl halides is 3. The van der Waals surface area contributed by atoms with Gasteiger partial charge in [-0.3, -0.25) is 0 Å². The van der Waals surface area contributed by atoms with Crippen LogP contribution in [-0.2, 0) is 7.80 Å². The number of nitrogen functional groups attached to an aromatic ring is 1. The summed E-state index contributed by atoms with van der Waals surface area (Å²) in [4.78, 5) is 6.54. The quantitative estimate of drug-likeness (QED) is 0.0277. The van der Waals surface area contributed by atoms with E-state index in [2.05, 4.69) is 42.7 Å². The number of aromatic nitrogens is 1. The van der Waals surface area contributed by atoms with Crippen molar-refractivity contribution in [3.8, 4) is 0 Å². The summed E-state index contributed by atoms with van der Waals surface area (Å²) in [6, 6.07) is 16.6. The second kappa shape index (κ2) is 36.5. The molecule has 1 aliphatic heterocycles. The number of aryl methyl sites for hydroxylation is 1. The first-order valence-corrected chi connectivity index (χ1v) is 18.8. The van der Waals surface area contributed by atoms with Gasteiger partial charge in [-0.25, -0.2) is 13.8 Å². The first-order valence-electron chi connectivity index (χ1n) is 17.9. The molecule has 0 bridgehead atoms. The Hall–Kier alpha value is -3.45. The number of piperazine rings is 1. The van der Waals surface area contributed by atoms with Crippen molar-refractivity contribution in [2.45, 2.75) is 67.5 Å². The Kier molecular flexibility index (Phi) is 37.1. The number of nitrogens with two attached hydrogens (primary N) is 2. The highest BCUT2D eigenvalue weighted by molar-refractivity contribution is 14.1. The molecule has 0 atom stereocenters. The smallest absolute Gasteiger partial charge is 0.427 e. The van der Waals surface area contributed by atoms with Gasteiger partial charge in [0.25, 0.3) is 0 Å². The van der Waals surface area contributed by atoms with Gasteiger partial charge >= 0.3 is 6.18 Å². The predicted molar refractivity (Wildman–Crippen MR) is 222 cm³/mol. The van der Waals surface area contributed by atoms with Crippen LogP contribution < -0.4 is 32.3 Å². The number of halogens is 6. The van der Waals surface area contributed by atoms with Gasteiger partial charge in [0.1, 0.15) is 30.8 Å². The SMILES string of the molecule is CC.CC.CCCNCCC.CO.Cc1ccccc1F.N/C(=C(/COCNc1ccc(N2CCNCC2)nc1)OI)C(F)(F)F.Nc1ccccc1F. The Bertz CT molecular complexity index is 1230. The van der Waals surface area contributed by atoms with Gasteiger partial charge in [0.05, 0.1) is 17.6 Å². The largest absolute Gasteiger partial charge is 0.434 e. The zero-order valence-electron chi connectivity index (χ0n) is 33.0. The van der Waals surface area contributed by atoms with Crippen LogP contribution in [0, 0.1) is 18.6 Å². The van der Waals surface area contributed by atoms with Crippen LogP contribution in [0.1, 0.15) is 59.9 Å². The number of allylic oxidation sites excluding steroid dienone is 1. The standard InChI is InChI=1S/C14H19F3IN5O2.C7H7F.C6H6FN.C6H15N.2C2H6.CH4O/c15-14(16,17)13(19)11(25-18)8-24-9-22-10-1-2-12(21-7-10)23-5-3-20-4-6-23;1-6-4-2-3-5-7(6)8;7-5-3-1-2-4-6(5)8;1-3-5-7-6-4-2;3*1-2/h1-2,7,20,22H,3-6,8-9,19H2;2-5H,1H3;1-4H,8H2;7H,3-6H2,1-2H3;2*1-2H3;2H,1H3/b13-11-;;;;;;. The molecule has 0 spiro atoms. The second-order valence-electron chi connectivity index (χ2n) is 10.2. The Balaban J connectivity index is -0.000000729. The number of rotatable bonds is 11. The van der Waals surface area contributed by atoms with Crippen LogP contribution >= 0.6 is 23.0 Å². The Morgan fingerprint density at radius 2 is 1.44 bits per heavy atom. The minimum Gasteiger partial charge on any atom is -0.427 e. The summed E-state index contributed by atoms with van der Waals surface area (Å²) >= 11 is 1.34. The number of ether oxygens (including phenoxy) is 1. The topological polar surface area (TPSA) is 143 Å². The molecule has 0 aliphatic carbocycles.